The highest BCUT2D eigenvalue weighted by Crippen LogP contribution is 2.27. The van der Waals surface area contributed by atoms with Crippen LogP contribution in [0.25, 0.3) is 0 Å². The van der Waals surface area contributed by atoms with Crippen molar-refractivity contribution in [1.29, 1.82) is 0 Å². The SMILES string of the molecule is C=C(CCCCCCCCCC)C1=NC(C(C)C)C(C)(C)N1. The van der Waals surface area contributed by atoms with Crippen molar-refractivity contribution in [3.05, 3.63) is 12.2 Å². The largest absolute Gasteiger partial charge is 0.363 e. The number of hydrogen-bond donors (Lipinski definition) is 1. The van der Waals surface area contributed by atoms with E-state index in [0.717, 1.165) is 12.3 Å². The molecule has 2 nitrogen and oxygen atoms in total. The van der Waals surface area contributed by atoms with Gasteiger partial charge in [-0.3, -0.25) is 4.99 Å². The zero-order valence-electron chi connectivity index (χ0n) is 15.7. The molecule has 1 heterocycles. The predicted molar refractivity (Wildman–Crippen MR) is 99.6 cm³/mol. The number of hydrogen-bond acceptors (Lipinski definition) is 2. The number of rotatable bonds is 11. The number of aliphatic imine (C=N–C) groups is 1. The lowest BCUT2D eigenvalue weighted by Gasteiger charge is -2.29. The average Bonchev–Trinajstić information content (AvgIpc) is 2.77. The van der Waals surface area contributed by atoms with Gasteiger partial charge in [0, 0.05) is 0 Å². The first-order valence-corrected chi connectivity index (χ1v) is 9.42. The van der Waals surface area contributed by atoms with Crippen molar-refractivity contribution in [1.82, 2.24) is 5.32 Å². The number of amidine groups is 1. The van der Waals surface area contributed by atoms with Crippen LogP contribution in [0.1, 0.15) is 92.4 Å². The van der Waals surface area contributed by atoms with Gasteiger partial charge in [0.15, 0.2) is 0 Å². The fourth-order valence-electron chi connectivity index (χ4n) is 3.46. The van der Waals surface area contributed by atoms with Crippen molar-refractivity contribution in [3.63, 3.8) is 0 Å². The molecule has 0 aromatic heterocycles. The van der Waals surface area contributed by atoms with Crippen LogP contribution in [-0.2, 0) is 0 Å². The quantitative estimate of drug-likeness (QED) is 0.474. The Bertz CT molecular complexity index is 366. The van der Waals surface area contributed by atoms with Crippen LogP contribution >= 0.6 is 0 Å². The summed E-state index contributed by atoms with van der Waals surface area (Å²) in [5.41, 5.74) is 1.26. The molecule has 2 heteroatoms. The van der Waals surface area contributed by atoms with E-state index in [4.69, 9.17) is 4.99 Å². The molecule has 0 saturated heterocycles. The van der Waals surface area contributed by atoms with Gasteiger partial charge in [-0.2, -0.15) is 0 Å². The first kappa shape index (κ1) is 19.3. The average molecular weight is 307 g/mol. The maximum Gasteiger partial charge on any atom is 0.124 e. The second-order valence-corrected chi connectivity index (χ2v) is 7.84. The van der Waals surface area contributed by atoms with Gasteiger partial charge in [0.1, 0.15) is 5.84 Å². The van der Waals surface area contributed by atoms with Gasteiger partial charge in [0.2, 0.25) is 0 Å². The maximum absolute atomic E-state index is 4.90. The summed E-state index contributed by atoms with van der Waals surface area (Å²) in [5, 5.41) is 3.59. The second kappa shape index (κ2) is 9.37. The first-order chi connectivity index (χ1) is 10.4. The first-order valence-electron chi connectivity index (χ1n) is 9.42. The van der Waals surface area contributed by atoms with Crippen molar-refractivity contribution in [3.8, 4) is 0 Å². The van der Waals surface area contributed by atoms with Crippen LogP contribution in [0.4, 0.5) is 0 Å². The molecule has 0 amide bonds. The fraction of sp³-hybridized carbons (Fsp3) is 0.850. The van der Waals surface area contributed by atoms with Gasteiger partial charge in [-0.15, -0.1) is 0 Å². The lowest BCUT2D eigenvalue weighted by atomic mass is 9.88. The molecule has 0 bridgehead atoms. The Morgan fingerprint density at radius 3 is 2.14 bits per heavy atom. The molecule has 1 atom stereocenters. The monoisotopic (exact) mass is 306 g/mol. The molecule has 1 aliphatic rings. The van der Waals surface area contributed by atoms with Crippen molar-refractivity contribution in [2.45, 2.75) is 104 Å². The molecular formula is C20H38N2. The third-order valence-corrected chi connectivity index (χ3v) is 4.75. The minimum Gasteiger partial charge on any atom is -0.363 e. The van der Waals surface area contributed by atoms with Crippen molar-refractivity contribution < 1.29 is 0 Å². The summed E-state index contributed by atoms with van der Waals surface area (Å²) in [7, 11) is 0. The highest BCUT2D eigenvalue weighted by atomic mass is 15.2. The Kier molecular flexibility index (Phi) is 8.20. The lowest BCUT2D eigenvalue weighted by molar-refractivity contribution is 0.330. The topological polar surface area (TPSA) is 24.4 Å². The summed E-state index contributed by atoms with van der Waals surface area (Å²) in [6.45, 7) is 15.5. The Morgan fingerprint density at radius 1 is 1.09 bits per heavy atom. The smallest absolute Gasteiger partial charge is 0.124 e. The van der Waals surface area contributed by atoms with E-state index in [1.54, 1.807) is 0 Å². The van der Waals surface area contributed by atoms with Crippen molar-refractivity contribution in [2.24, 2.45) is 10.9 Å². The predicted octanol–water partition coefficient (Wildman–Crippen LogP) is 5.88. The van der Waals surface area contributed by atoms with E-state index in [1.165, 1.54) is 56.9 Å². The number of nitrogens with zero attached hydrogens (tertiary/aromatic N) is 1. The van der Waals surface area contributed by atoms with E-state index in [2.05, 4.69) is 46.5 Å². The minimum absolute atomic E-state index is 0.0612. The molecular weight excluding hydrogens is 268 g/mol. The zero-order chi connectivity index (χ0) is 16.6. The molecule has 1 aliphatic heterocycles. The molecule has 0 aliphatic carbocycles. The summed E-state index contributed by atoms with van der Waals surface area (Å²) in [5.74, 6) is 1.63. The lowest BCUT2D eigenvalue weighted by Crippen LogP contribution is -2.46. The molecule has 1 rings (SSSR count). The summed E-state index contributed by atoms with van der Waals surface area (Å²) in [4.78, 5) is 4.90. The summed E-state index contributed by atoms with van der Waals surface area (Å²) >= 11 is 0. The molecule has 1 unspecified atom stereocenters. The molecule has 128 valence electrons. The van der Waals surface area contributed by atoms with E-state index in [0.29, 0.717) is 12.0 Å². The molecule has 0 saturated carbocycles. The molecule has 0 aromatic rings. The summed E-state index contributed by atoms with van der Waals surface area (Å²) < 4.78 is 0. The van der Waals surface area contributed by atoms with Crippen LogP contribution < -0.4 is 5.32 Å². The van der Waals surface area contributed by atoms with Gasteiger partial charge in [-0.05, 0) is 38.2 Å². The van der Waals surface area contributed by atoms with E-state index in [1.807, 2.05) is 0 Å². The Hall–Kier alpha value is -0.790. The van der Waals surface area contributed by atoms with Gasteiger partial charge in [0.25, 0.3) is 0 Å². The van der Waals surface area contributed by atoms with E-state index in [9.17, 15) is 0 Å². The van der Waals surface area contributed by atoms with E-state index >= 15 is 0 Å². The van der Waals surface area contributed by atoms with Crippen LogP contribution in [0.5, 0.6) is 0 Å². The number of nitrogens with one attached hydrogen (secondary N) is 1. The van der Waals surface area contributed by atoms with Gasteiger partial charge >= 0.3 is 0 Å². The normalized spacial score (nSPS) is 20.1. The maximum atomic E-state index is 4.90. The second-order valence-electron chi connectivity index (χ2n) is 7.84. The fourth-order valence-corrected chi connectivity index (χ4v) is 3.46. The van der Waals surface area contributed by atoms with E-state index in [-0.39, 0.29) is 5.54 Å². The third-order valence-electron chi connectivity index (χ3n) is 4.75. The zero-order valence-corrected chi connectivity index (χ0v) is 15.7. The van der Waals surface area contributed by atoms with Crippen molar-refractivity contribution >= 4 is 5.84 Å². The van der Waals surface area contributed by atoms with Gasteiger partial charge in [-0.1, -0.05) is 72.3 Å². The Balaban J connectivity index is 2.22. The van der Waals surface area contributed by atoms with Crippen LogP contribution in [0.3, 0.4) is 0 Å². The molecule has 0 radical (unpaired) electrons. The highest BCUT2D eigenvalue weighted by molar-refractivity contribution is 5.99. The van der Waals surface area contributed by atoms with Gasteiger partial charge in [-0.25, -0.2) is 0 Å². The summed E-state index contributed by atoms with van der Waals surface area (Å²) in [6, 6.07) is 0.359. The molecule has 0 spiro atoms. The molecule has 0 fully saturated rings. The molecule has 0 aromatic carbocycles. The van der Waals surface area contributed by atoms with Crippen LogP contribution in [0.2, 0.25) is 0 Å². The molecule has 1 N–H and O–H groups in total. The van der Waals surface area contributed by atoms with Crippen LogP contribution in [0.15, 0.2) is 17.1 Å². The Morgan fingerprint density at radius 2 is 1.64 bits per heavy atom. The Labute approximate surface area is 138 Å². The van der Waals surface area contributed by atoms with Crippen LogP contribution in [-0.4, -0.2) is 17.4 Å². The number of unbranched alkanes of at least 4 members (excludes halogenated alkanes) is 7. The van der Waals surface area contributed by atoms with Gasteiger partial charge in [0.05, 0.1) is 11.6 Å². The van der Waals surface area contributed by atoms with Crippen LogP contribution in [0, 0.1) is 5.92 Å². The summed E-state index contributed by atoms with van der Waals surface area (Å²) in [6.07, 6.45) is 12.0. The van der Waals surface area contributed by atoms with Crippen molar-refractivity contribution in [2.75, 3.05) is 0 Å². The van der Waals surface area contributed by atoms with E-state index < -0.39 is 0 Å². The van der Waals surface area contributed by atoms with Gasteiger partial charge < -0.3 is 5.32 Å². The molecule has 22 heavy (non-hydrogen) atoms. The third kappa shape index (κ3) is 6.14. The highest BCUT2D eigenvalue weighted by Gasteiger charge is 2.37. The minimum atomic E-state index is 0.0612. The standard InChI is InChI=1S/C20H38N2/c1-7-8-9-10-11-12-13-14-15-17(4)19-21-18(16(2)3)20(5,6)22-19/h16,18H,4,7-15H2,1-3,5-6H3,(H,21,22).